The highest BCUT2D eigenvalue weighted by molar-refractivity contribution is 5.59. The van der Waals surface area contributed by atoms with Crippen molar-refractivity contribution < 1.29 is 0 Å². The van der Waals surface area contributed by atoms with Gasteiger partial charge in [-0.15, -0.1) is 0 Å². The van der Waals surface area contributed by atoms with Gasteiger partial charge in [0.15, 0.2) is 0 Å². The summed E-state index contributed by atoms with van der Waals surface area (Å²) in [5, 5.41) is 9.91. The zero-order valence-electron chi connectivity index (χ0n) is 10.9. The van der Waals surface area contributed by atoms with Gasteiger partial charge < -0.3 is 16.0 Å². The first kappa shape index (κ1) is 11.9. The summed E-state index contributed by atoms with van der Waals surface area (Å²) >= 11 is 0. The van der Waals surface area contributed by atoms with E-state index in [2.05, 4.69) is 25.9 Å². The van der Waals surface area contributed by atoms with Crippen molar-refractivity contribution in [1.82, 2.24) is 15.3 Å². The first-order valence-electron chi connectivity index (χ1n) is 6.44. The number of aryl methyl sites for hydroxylation is 1. The Hall–Kier alpha value is -2.14. The average Bonchev–Trinajstić information content (AvgIpc) is 2.34. The molecule has 1 fully saturated rings. The molecular formula is C14H17N5. The van der Waals surface area contributed by atoms with E-state index in [4.69, 9.17) is 0 Å². The van der Waals surface area contributed by atoms with Crippen molar-refractivity contribution in [3.05, 3.63) is 42.2 Å². The first-order chi connectivity index (χ1) is 9.29. The predicted molar refractivity (Wildman–Crippen MR) is 76.8 cm³/mol. The molecule has 3 N–H and O–H groups in total. The maximum absolute atomic E-state index is 4.41. The summed E-state index contributed by atoms with van der Waals surface area (Å²) in [4.78, 5) is 8.81. The van der Waals surface area contributed by atoms with E-state index in [9.17, 15) is 0 Å². The Bertz CT molecular complexity index is 551. The SMILES string of the molecule is Cc1nc(Nc2ccccc2)cc(NC2CNC2)n1. The van der Waals surface area contributed by atoms with Gasteiger partial charge in [-0.2, -0.15) is 0 Å². The van der Waals surface area contributed by atoms with E-state index >= 15 is 0 Å². The Labute approximate surface area is 112 Å². The second kappa shape index (κ2) is 5.24. The van der Waals surface area contributed by atoms with Crippen LogP contribution in [0.3, 0.4) is 0 Å². The molecule has 1 aromatic carbocycles. The summed E-state index contributed by atoms with van der Waals surface area (Å²) in [5.74, 6) is 2.45. The highest BCUT2D eigenvalue weighted by Crippen LogP contribution is 2.17. The van der Waals surface area contributed by atoms with E-state index in [-0.39, 0.29) is 0 Å². The molecule has 0 bridgehead atoms. The Morgan fingerprint density at radius 3 is 2.53 bits per heavy atom. The van der Waals surface area contributed by atoms with Gasteiger partial charge in [0.1, 0.15) is 17.5 Å². The lowest BCUT2D eigenvalue weighted by molar-refractivity contribution is 0.471. The third kappa shape index (κ3) is 3.00. The maximum Gasteiger partial charge on any atom is 0.136 e. The van der Waals surface area contributed by atoms with Crippen molar-refractivity contribution in [1.29, 1.82) is 0 Å². The molecule has 1 aliphatic rings. The number of hydrogen-bond donors (Lipinski definition) is 3. The van der Waals surface area contributed by atoms with Crippen molar-refractivity contribution >= 4 is 17.3 Å². The third-order valence-corrected chi connectivity index (χ3v) is 3.02. The van der Waals surface area contributed by atoms with E-state index in [1.165, 1.54) is 0 Å². The van der Waals surface area contributed by atoms with Crippen LogP contribution < -0.4 is 16.0 Å². The Morgan fingerprint density at radius 1 is 1.11 bits per heavy atom. The molecule has 19 heavy (non-hydrogen) atoms. The molecule has 0 amide bonds. The second-order valence-corrected chi connectivity index (χ2v) is 4.68. The quantitative estimate of drug-likeness (QED) is 0.779. The summed E-state index contributed by atoms with van der Waals surface area (Å²) in [6.45, 7) is 3.88. The molecule has 0 saturated carbocycles. The van der Waals surface area contributed by atoms with Gasteiger partial charge in [-0.1, -0.05) is 18.2 Å². The molecule has 5 nitrogen and oxygen atoms in total. The zero-order chi connectivity index (χ0) is 13.1. The maximum atomic E-state index is 4.41. The van der Waals surface area contributed by atoms with Crippen LogP contribution in [0.2, 0.25) is 0 Å². The number of benzene rings is 1. The summed E-state index contributed by atoms with van der Waals surface area (Å²) in [5.41, 5.74) is 1.02. The minimum absolute atomic E-state index is 0.471. The van der Waals surface area contributed by atoms with Crippen molar-refractivity contribution in [3.63, 3.8) is 0 Å². The molecule has 0 aliphatic carbocycles. The molecule has 0 radical (unpaired) electrons. The summed E-state index contributed by atoms with van der Waals surface area (Å²) in [7, 11) is 0. The molecule has 1 saturated heterocycles. The molecule has 5 heteroatoms. The van der Waals surface area contributed by atoms with E-state index in [1.807, 2.05) is 43.3 Å². The lowest BCUT2D eigenvalue weighted by Gasteiger charge is -2.28. The van der Waals surface area contributed by atoms with Crippen LogP contribution in [0.5, 0.6) is 0 Å². The fourth-order valence-electron chi connectivity index (χ4n) is 1.97. The van der Waals surface area contributed by atoms with Gasteiger partial charge in [0.2, 0.25) is 0 Å². The zero-order valence-corrected chi connectivity index (χ0v) is 10.9. The van der Waals surface area contributed by atoms with Crippen molar-refractivity contribution in [2.45, 2.75) is 13.0 Å². The van der Waals surface area contributed by atoms with Crippen LogP contribution in [-0.4, -0.2) is 29.1 Å². The van der Waals surface area contributed by atoms with Crippen LogP contribution in [0.25, 0.3) is 0 Å². The van der Waals surface area contributed by atoms with Crippen LogP contribution in [0.15, 0.2) is 36.4 Å². The lowest BCUT2D eigenvalue weighted by atomic mass is 10.2. The number of rotatable bonds is 4. The van der Waals surface area contributed by atoms with Crippen LogP contribution in [0.4, 0.5) is 17.3 Å². The summed E-state index contributed by atoms with van der Waals surface area (Å²) in [6.07, 6.45) is 0. The molecule has 0 spiro atoms. The van der Waals surface area contributed by atoms with Gasteiger partial charge in [0, 0.05) is 24.8 Å². The van der Waals surface area contributed by atoms with Gasteiger partial charge in [0.25, 0.3) is 0 Å². The number of nitrogens with zero attached hydrogens (tertiary/aromatic N) is 2. The van der Waals surface area contributed by atoms with Crippen LogP contribution in [0, 0.1) is 6.92 Å². The van der Waals surface area contributed by atoms with Gasteiger partial charge in [-0.05, 0) is 19.1 Å². The third-order valence-electron chi connectivity index (χ3n) is 3.02. The average molecular weight is 255 g/mol. The van der Waals surface area contributed by atoms with Crippen LogP contribution >= 0.6 is 0 Å². The molecule has 1 aromatic heterocycles. The topological polar surface area (TPSA) is 61.9 Å². The van der Waals surface area contributed by atoms with E-state index < -0.39 is 0 Å². The standard InChI is InChI=1S/C14H17N5/c1-10-16-13(18-11-5-3-2-4-6-11)7-14(17-10)19-12-8-15-9-12/h2-7,12,15H,8-9H2,1H3,(H2,16,17,18,19). The molecular weight excluding hydrogens is 238 g/mol. The molecule has 1 aliphatic heterocycles. The molecule has 3 rings (SSSR count). The predicted octanol–water partition coefficient (Wildman–Crippen LogP) is 1.91. The largest absolute Gasteiger partial charge is 0.365 e. The molecule has 2 aromatic rings. The number of hydrogen-bond acceptors (Lipinski definition) is 5. The molecule has 2 heterocycles. The van der Waals surface area contributed by atoms with Gasteiger partial charge in [-0.25, -0.2) is 9.97 Å². The molecule has 98 valence electrons. The number of anilines is 3. The number of para-hydroxylation sites is 1. The first-order valence-corrected chi connectivity index (χ1v) is 6.44. The minimum Gasteiger partial charge on any atom is -0.365 e. The normalized spacial score (nSPS) is 14.8. The number of aromatic nitrogens is 2. The monoisotopic (exact) mass is 255 g/mol. The van der Waals surface area contributed by atoms with Crippen LogP contribution in [-0.2, 0) is 0 Å². The van der Waals surface area contributed by atoms with Gasteiger partial charge in [-0.3, -0.25) is 0 Å². The summed E-state index contributed by atoms with van der Waals surface area (Å²) < 4.78 is 0. The van der Waals surface area contributed by atoms with Gasteiger partial charge in [0.05, 0.1) is 6.04 Å². The Balaban J connectivity index is 1.77. The van der Waals surface area contributed by atoms with Crippen molar-refractivity contribution in [2.24, 2.45) is 0 Å². The summed E-state index contributed by atoms with van der Waals surface area (Å²) in [6, 6.07) is 12.4. The van der Waals surface area contributed by atoms with E-state index in [0.717, 1.165) is 36.2 Å². The van der Waals surface area contributed by atoms with Crippen molar-refractivity contribution in [2.75, 3.05) is 23.7 Å². The highest BCUT2D eigenvalue weighted by Gasteiger charge is 2.16. The Morgan fingerprint density at radius 2 is 1.84 bits per heavy atom. The lowest BCUT2D eigenvalue weighted by Crippen LogP contribution is -2.51. The van der Waals surface area contributed by atoms with Gasteiger partial charge >= 0.3 is 0 Å². The number of nitrogens with one attached hydrogen (secondary N) is 3. The molecule has 0 unspecified atom stereocenters. The smallest absolute Gasteiger partial charge is 0.136 e. The Kier molecular flexibility index (Phi) is 3.29. The van der Waals surface area contributed by atoms with Crippen LogP contribution in [0.1, 0.15) is 5.82 Å². The minimum atomic E-state index is 0.471. The van der Waals surface area contributed by atoms with E-state index in [1.54, 1.807) is 0 Å². The molecule has 0 atom stereocenters. The highest BCUT2D eigenvalue weighted by atomic mass is 15.1. The van der Waals surface area contributed by atoms with E-state index in [0.29, 0.717) is 6.04 Å². The fraction of sp³-hybridized carbons (Fsp3) is 0.286. The van der Waals surface area contributed by atoms with Crippen molar-refractivity contribution in [3.8, 4) is 0 Å². The fourth-order valence-corrected chi connectivity index (χ4v) is 1.97. The second-order valence-electron chi connectivity index (χ2n) is 4.68.